The predicted molar refractivity (Wildman–Crippen MR) is 109 cm³/mol. The van der Waals surface area contributed by atoms with Gasteiger partial charge < -0.3 is 24.8 Å². The van der Waals surface area contributed by atoms with Crippen molar-refractivity contribution < 1.29 is 29.0 Å². The minimum atomic E-state index is -0.869. The van der Waals surface area contributed by atoms with Crippen molar-refractivity contribution in [3.05, 3.63) is 12.7 Å². The van der Waals surface area contributed by atoms with Crippen LogP contribution in [0.2, 0.25) is 0 Å². The number of alkyl carbamates (subject to hydrolysis) is 1. The number of carbonyl (C=O) groups is 3. The lowest BCUT2D eigenvalue weighted by Crippen LogP contribution is -2.55. The summed E-state index contributed by atoms with van der Waals surface area (Å²) in [7, 11) is 1.24. The van der Waals surface area contributed by atoms with Crippen molar-refractivity contribution in [3.63, 3.8) is 0 Å². The number of esters is 1. The molecule has 166 valence electrons. The van der Waals surface area contributed by atoms with Gasteiger partial charge in [0, 0.05) is 13.0 Å². The normalized spacial score (nSPS) is 21.2. The van der Waals surface area contributed by atoms with Crippen LogP contribution in [-0.4, -0.2) is 65.4 Å². The van der Waals surface area contributed by atoms with Gasteiger partial charge in [-0.25, -0.2) is 9.59 Å². The summed E-state index contributed by atoms with van der Waals surface area (Å²) in [6, 6.07) is -1.73. The molecule has 4 atom stereocenters. The molecule has 1 heterocycles. The number of allylic oxidation sites excluding steroid dienone is 1. The van der Waals surface area contributed by atoms with Gasteiger partial charge in [0.15, 0.2) is 0 Å². The quantitative estimate of drug-likeness (QED) is 0.342. The lowest BCUT2D eigenvalue weighted by molar-refractivity contribution is -0.152. The molecule has 1 rings (SSSR count). The van der Waals surface area contributed by atoms with E-state index in [1.165, 1.54) is 12.0 Å². The number of carbonyl (C=O) groups excluding carboxylic acids is 3. The summed E-state index contributed by atoms with van der Waals surface area (Å²) >= 11 is 0. The molecule has 0 bridgehead atoms. The molecule has 1 fully saturated rings. The van der Waals surface area contributed by atoms with Crippen LogP contribution in [0.15, 0.2) is 12.7 Å². The van der Waals surface area contributed by atoms with Crippen LogP contribution < -0.4 is 5.32 Å². The smallest absolute Gasteiger partial charge is 0.408 e. The van der Waals surface area contributed by atoms with Gasteiger partial charge in [-0.15, -0.1) is 6.58 Å². The van der Waals surface area contributed by atoms with Crippen LogP contribution >= 0.6 is 0 Å². The summed E-state index contributed by atoms with van der Waals surface area (Å²) in [5.74, 6) is -1.18. The molecule has 2 amide bonds. The molecule has 8 heteroatoms. The van der Waals surface area contributed by atoms with E-state index in [4.69, 9.17) is 9.47 Å². The molecule has 0 aromatic rings. The number of nitrogens with zero attached hydrogens (tertiary/aromatic N) is 1. The highest BCUT2D eigenvalue weighted by Gasteiger charge is 2.43. The van der Waals surface area contributed by atoms with E-state index in [-0.39, 0.29) is 18.9 Å². The first-order chi connectivity index (χ1) is 13.5. The SMILES string of the molecule is C=CCCCC[C@@H](C)[C@H](NC(=O)OC(C)(C)C)C(=O)N1C[C@H](O)C[C@H]1C(=O)OC. The fraction of sp³-hybridized carbons (Fsp3) is 0.762. The van der Waals surface area contributed by atoms with Gasteiger partial charge in [-0.05, 0) is 46.0 Å². The van der Waals surface area contributed by atoms with Crippen molar-refractivity contribution in [1.82, 2.24) is 10.2 Å². The highest BCUT2D eigenvalue weighted by atomic mass is 16.6. The van der Waals surface area contributed by atoms with Crippen LogP contribution in [0.25, 0.3) is 0 Å². The number of hydrogen-bond donors (Lipinski definition) is 2. The molecule has 29 heavy (non-hydrogen) atoms. The van der Waals surface area contributed by atoms with Crippen molar-refractivity contribution in [2.24, 2.45) is 5.92 Å². The third-order valence-corrected chi connectivity index (χ3v) is 4.86. The van der Waals surface area contributed by atoms with E-state index in [9.17, 15) is 19.5 Å². The van der Waals surface area contributed by atoms with E-state index >= 15 is 0 Å². The van der Waals surface area contributed by atoms with Gasteiger partial charge in [-0.1, -0.05) is 19.4 Å². The number of unbranched alkanes of at least 4 members (excludes halogenated alkanes) is 2. The van der Waals surface area contributed by atoms with Crippen LogP contribution in [0, 0.1) is 5.92 Å². The molecule has 1 saturated heterocycles. The molecule has 0 aromatic carbocycles. The molecule has 0 spiro atoms. The average molecular weight is 413 g/mol. The second-order valence-corrected chi connectivity index (χ2v) is 8.59. The first-order valence-corrected chi connectivity index (χ1v) is 10.2. The minimum Gasteiger partial charge on any atom is -0.467 e. The fourth-order valence-corrected chi connectivity index (χ4v) is 3.40. The van der Waals surface area contributed by atoms with Crippen molar-refractivity contribution in [1.29, 1.82) is 0 Å². The number of ether oxygens (including phenoxy) is 2. The topological polar surface area (TPSA) is 105 Å². The molecule has 0 unspecified atom stereocenters. The zero-order valence-corrected chi connectivity index (χ0v) is 18.3. The lowest BCUT2D eigenvalue weighted by atomic mass is 9.94. The maximum atomic E-state index is 13.3. The number of nitrogens with one attached hydrogen (secondary N) is 1. The molecule has 8 nitrogen and oxygen atoms in total. The Kier molecular flexibility index (Phi) is 9.62. The molecule has 0 aromatic heterocycles. The van der Waals surface area contributed by atoms with E-state index in [2.05, 4.69) is 11.9 Å². The number of hydrogen-bond acceptors (Lipinski definition) is 6. The standard InChI is InChI=1S/C21H36N2O6/c1-7-8-9-10-11-14(2)17(22-20(27)29-21(3,4)5)18(25)23-13-15(24)12-16(23)19(26)28-6/h7,14-17,24H,1,8-13H2,2-6H3,(H,22,27)/t14-,15-,16+,17+/m1/s1. The second-order valence-electron chi connectivity index (χ2n) is 8.59. The van der Waals surface area contributed by atoms with Crippen molar-refractivity contribution in [3.8, 4) is 0 Å². The van der Waals surface area contributed by atoms with Gasteiger partial charge in [0.2, 0.25) is 5.91 Å². The number of β-amino-alcohol motifs (C(OH)–C–C–N with tert-alkyl or cyclic N) is 1. The Morgan fingerprint density at radius 2 is 1.97 bits per heavy atom. The number of aliphatic hydroxyl groups is 1. The molecule has 0 aliphatic carbocycles. The molecule has 2 N–H and O–H groups in total. The third-order valence-electron chi connectivity index (χ3n) is 4.86. The van der Waals surface area contributed by atoms with Gasteiger partial charge in [0.1, 0.15) is 17.7 Å². The Morgan fingerprint density at radius 1 is 1.31 bits per heavy atom. The van der Waals surface area contributed by atoms with Crippen LogP contribution in [-0.2, 0) is 19.1 Å². The van der Waals surface area contributed by atoms with Crippen LogP contribution in [0.5, 0.6) is 0 Å². The Hall–Kier alpha value is -2.09. The molecular weight excluding hydrogens is 376 g/mol. The fourth-order valence-electron chi connectivity index (χ4n) is 3.40. The first kappa shape index (κ1) is 24.9. The summed E-state index contributed by atoms with van der Waals surface area (Å²) in [5.41, 5.74) is -0.705. The zero-order chi connectivity index (χ0) is 22.2. The van der Waals surface area contributed by atoms with Crippen LogP contribution in [0.3, 0.4) is 0 Å². The second kappa shape index (κ2) is 11.2. The van der Waals surface area contributed by atoms with Gasteiger partial charge in [-0.3, -0.25) is 4.79 Å². The average Bonchev–Trinajstić information content (AvgIpc) is 3.02. The zero-order valence-electron chi connectivity index (χ0n) is 18.3. The maximum Gasteiger partial charge on any atom is 0.408 e. The Bertz CT molecular complexity index is 586. The van der Waals surface area contributed by atoms with Crippen molar-refractivity contribution >= 4 is 18.0 Å². The van der Waals surface area contributed by atoms with Crippen molar-refractivity contribution in [2.45, 2.75) is 83.6 Å². The lowest BCUT2D eigenvalue weighted by Gasteiger charge is -2.31. The molecule has 1 aliphatic heterocycles. The van der Waals surface area contributed by atoms with Gasteiger partial charge in [0.25, 0.3) is 0 Å². The number of rotatable bonds is 9. The summed E-state index contributed by atoms with van der Waals surface area (Å²) in [6.07, 6.45) is 3.86. The molecular formula is C21H36N2O6. The van der Waals surface area contributed by atoms with E-state index in [0.717, 1.165) is 19.3 Å². The summed E-state index contributed by atoms with van der Waals surface area (Å²) < 4.78 is 10.1. The number of amides is 2. The third kappa shape index (κ3) is 8.04. The van der Waals surface area contributed by atoms with E-state index in [1.807, 2.05) is 13.0 Å². The predicted octanol–water partition coefficient (Wildman–Crippen LogP) is 2.40. The Morgan fingerprint density at radius 3 is 2.52 bits per heavy atom. The Labute approximate surface area is 173 Å². The summed E-state index contributed by atoms with van der Waals surface area (Å²) in [6.45, 7) is 10.8. The largest absolute Gasteiger partial charge is 0.467 e. The monoisotopic (exact) mass is 412 g/mol. The molecule has 1 aliphatic rings. The van der Waals surface area contributed by atoms with Crippen molar-refractivity contribution in [2.75, 3.05) is 13.7 Å². The van der Waals surface area contributed by atoms with Gasteiger partial charge in [-0.2, -0.15) is 0 Å². The van der Waals surface area contributed by atoms with Gasteiger partial charge >= 0.3 is 12.1 Å². The number of likely N-dealkylation sites (tertiary alicyclic amines) is 1. The molecule has 0 radical (unpaired) electrons. The van der Waals surface area contributed by atoms with Crippen LogP contribution in [0.4, 0.5) is 4.79 Å². The Balaban J connectivity index is 2.97. The van der Waals surface area contributed by atoms with Crippen LogP contribution in [0.1, 0.15) is 59.8 Å². The van der Waals surface area contributed by atoms with Gasteiger partial charge in [0.05, 0.1) is 13.2 Å². The van der Waals surface area contributed by atoms with E-state index in [1.54, 1.807) is 20.8 Å². The highest BCUT2D eigenvalue weighted by Crippen LogP contribution is 2.24. The summed E-state index contributed by atoms with van der Waals surface area (Å²) in [4.78, 5) is 39.0. The van der Waals surface area contributed by atoms with E-state index < -0.39 is 41.8 Å². The van der Waals surface area contributed by atoms with E-state index in [0.29, 0.717) is 6.42 Å². The maximum absolute atomic E-state index is 13.3. The highest BCUT2D eigenvalue weighted by molar-refractivity contribution is 5.90. The first-order valence-electron chi connectivity index (χ1n) is 10.2. The molecule has 0 saturated carbocycles. The number of aliphatic hydroxyl groups excluding tert-OH is 1. The summed E-state index contributed by atoms with van der Waals surface area (Å²) in [5, 5.41) is 12.7. The number of methoxy groups -OCH3 is 1. The minimum absolute atomic E-state index is 0.0221.